The first kappa shape index (κ1) is 24.6. The minimum absolute atomic E-state index is 0.0968. The largest absolute Gasteiger partial charge is 0.372 e. The highest BCUT2D eigenvalue weighted by atomic mass is 35.5. The van der Waals surface area contributed by atoms with Gasteiger partial charge in [0, 0.05) is 43.4 Å². The molecule has 2 aromatic rings. The minimum atomic E-state index is -3.51. The summed E-state index contributed by atoms with van der Waals surface area (Å²) in [5.41, 5.74) is 2.84. The highest BCUT2D eigenvalue weighted by Crippen LogP contribution is 2.23. The van der Waals surface area contributed by atoms with Crippen LogP contribution < -0.4 is 10.2 Å². The van der Waals surface area contributed by atoms with Crippen molar-refractivity contribution in [3.8, 4) is 0 Å². The van der Waals surface area contributed by atoms with Crippen molar-refractivity contribution in [1.82, 2.24) is 9.62 Å². The number of halogens is 1. The fourth-order valence-electron chi connectivity index (χ4n) is 4.08. The molecular formula is C24H32ClN3O3S. The molecule has 174 valence electrons. The van der Waals surface area contributed by atoms with E-state index >= 15 is 0 Å². The molecule has 32 heavy (non-hydrogen) atoms. The summed E-state index contributed by atoms with van der Waals surface area (Å²) in [7, 11) is -3.51. The van der Waals surface area contributed by atoms with E-state index in [4.69, 9.17) is 11.6 Å². The summed E-state index contributed by atoms with van der Waals surface area (Å²) in [6, 6.07) is 15.1. The predicted molar refractivity (Wildman–Crippen MR) is 130 cm³/mol. The van der Waals surface area contributed by atoms with E-state index in [1.807, 2.05) is 12.1 Å². The van der Waals surface area contributed by atoms with E-state index < -0.39 is 10.0 Å². The fourth-order valence-corrected chi connectivity index (χ4v) is 5.90. The van der Waals surface area contributed by atoms with Gasteiger partial charge in [-0.25, -0.2) is 12.7 Å². The average molecular weight is 478 g/mol. The van der Waals surface area contributed by atoms with Crippen LogP contribution in [0.1, 0.15) is 37.8 Å². The van der Waals surface area contributed by atoms with Crippen molar-refractivity contribution in [1.29, 1.82) is 0 Å². The van der Waals surface area contributed by atoms with E-state index in [1.54, 1.807) is 24.3 Å². The summed E-state index contributed by atoms with van der Waals surface area (Å²) in [6.07, 6.45) is 1.36. The van der Waals surface area contributed by atoms with Gasteiger partial charge in [-0.3, -0.25) is 4.79 Å². The van der Waals surface area contributed by atoms with Crippen molar-refractivity contribution in [3.63, 3.8) is 0 Å². The van der Waals surface area contributed by atoms with E-state index in [2.05, 4.69) is 36.2 Å². The van der Waals surface area contributed by atoms with Gasteiger partial charge in [-0.15, -0.1) is 0 Å². The summed E-state index contributed by atoms with van der Waals surface area (Å²) >= 11 is 5.98. The van der Waals surface area contributed by atoms with Gasteiger partial charge in [-0.05, 0) is 62.1 Å². The number of carbonyl (C=O) groups excluding carboxylic acids is 1. The summed E-state index contributed by atoms with van der Waals surface area (Å²) < 4.78 is 27.2. The maximum absolute atomic E-state index is 12.9. The molecule has 3 rings (SSSR count). The van der Waals surface area contributed by atoms with Crippen LogP contribution in [0, 0.1) is 5.92 Å². The Bertz CT molecular complexity index is 1010. The van der Waals surface area contributed by atoms with E-state index in [0.717, 1.165) is 24.3 Å². The van der Waals surface area contributed by atoms with E-state index in [1.165, 1.54) is 4.31 Å². The number of rotatable bonds is 9. The number of nitrogens with zero attached hydrogens (tertiary/aromatic N) is 2. The molecule has 6 nitrogen and oxygen atoms in total. The quantitative estimate of drug-likeness (QED) is 0.591. The summed E-state index contributed by atoms with van der Waals surface area (Å²) in [5.74, 6) is -0.547. The molecule has 0 radical (unpaired) electrons. The Kier molecular flexibility index (Phi) is 8.57. The number of anilines is 1. The Labute approximate surface area is 196 Å². The summed E-state index contributed by atoms with van der Waals surface area (Å²) in [4.78, 5) is 15.0. The second kappa shape index (κ2) is 11.2. The number of benzene rings is 2. The van der Waals surface area contributed by atoms with Crippen LogP contribution in [-0.2, 0) is 27.1 Å². The number of amides is 1. The molecule has 0 unspecified atom stereocenters. The molecular weight excluding hydrogens is 446 g/mol. The van der Waals surface area contributed by atoms with Crippen molar-refractivity contribution in [2.24, 2.45) is 5.92 Å². The Morgan fingerprint density at radius 3 is 2.50 bits per heavy atom. The zero-order valence-electron chi connectivity index (χ0n) is 18.8. The van der Waals surface area contributed by atoms with Gasteiger partial charge in [0.1, 0.15) is 0 Å². The van der Waals surface area contributed by atoms with Crippen LogP contribution >= 0.6 is 11.6 Å². The Morgan fingerprint density at radius 2 is 1.84 bits per heavy atom. The first-order chi connectivity index (χ1) is 15.3. The molecule has 1 aliphatic heterocycles. The third-order valence-electron chi connectivity index (χ3n) is 5.92. The lowest BCUT2D eigenvalue weighted by Crippen LogP contribution is -2.45. The third-order valence-corrected chi connectivity index (χ3v) is 7.97. The molecule has 2 aromatic carbocycles. The molecule has 1 atom stereocenters. The smallest absolute Gasteiger partial charge is 0.224 e. The summed E-state index contributed by atoms with van der Waals surface area (Å²) in [5, 5.41) is 3.50. The monoisotopic (exact) mass is 477 g/mol. The van der Waals surface area contributed by atoms with Crippen molar-refractivity contribution in [3.05, 3.63) is 64.7 Å². The van der Waals surface area contributed by atoms with Gasteiger partial charge in [0.25, 0.3) is 0 Å². The van der Waals surface area contributed by atoms with Crippen LogP contribution in [0.25, 0.3) is 0 Å². The van der Waals surface area contributed by atoms with Gasteiger partial charge in [0.2, 0.25) is 15.9 Å². The molecule has 0 aliphatic carbocycles. The lowest BCUT2D eigenvalue weighted by atomic mass is 9.98. The lowest BCUT2D eigenvalue weighted by molar-refractivity contribution is -0.126. The number of sulfonamides is 1. The van der Waals surface area contributed by atoms with Gasteiger partial charge in [-0.2, -0.15) is 0 Å². The SMILES string of the molecule is CCN(CC)c1ccc(CNC(=O)[C@@H]2CCCN(S(=O)(=O)Cc3cccc(Cl)c3)C2)cc1. The Hall–Kier alpha value is -2.09. The predicted octanol–water partition coefficient (Wildman–Crippen LogP) is 4.04. The van der Waals surface area contributed by atoms with E-state index in [0.29, 0.717) is 36.5 Å². The normalized spacial score (nSPS) is 17.2. The highest BCUT2D eigenvalue weighted by Gasteiger charge is 2.32. The fraction of sp³-hybridized carbons (Fsp3) is 0.458. The molecule has 8 heteroatoms. The number of piperidine rings is 1. The molecule has 1 fully saturated rings. The number of carbonyl (C=O) groups is 1. The van der Waals surface area contributed by atoms with Gasteiger partial charge >= 0.3 is 0 Å². The highest BCUT2D eigenvalue weighted by molar-refractivity contribution is 7.88. The van der Waals surface area contributed by atoms with Crippen LogP contribution in [0.5, 0.6) is 0 Å². The zero-order valence-corrected chi connectivity index (χ0v) is 20.3. The van der Waals surface area contributed by atoms with Crippen molar-refractivity contribution in [2.75, 3.05) is 31.1 Å². The zero-order chi connectivity index (χ0) is 23.1. The van der Waals surface area contributed by atoms with E-state index in [9.17, 15) is 13.2 Å². The second-order valence-electron chi connectivity index (χ2n) is 8.14. The third kappa shape index (κ3) is 6.47. The second-order valence-corrected chi connectivity index (χ2v) is 10.5. The maximum Gasteiger partial charge on any atom is 0.224 e. The number of nitrogens with one attached hydrogen (secondary N) is 1. The van der Waals surface area contributed by atoms with E-state index in [-0.39, 0.29) is 24.1 Å². The molecule has 1 N–H and O–H groups in total. The van der Waals surface area contributed by atoms with Crippen LogP contribution in [-0.4, -0.2) is 44.8 Å². The molecule has 1 amide bonds. The van der Waals surface area contributed by atoms with Crippen molar-refractivity contribution in [2.45, 2.75) is 39.0 Å². The molecule has 1 aliphatic rings. The first-order valence-electron chi connectivity index (χ1n) is 11.2. The standard InChI is InChI=1S/C24H32ClN3O3S/c1-3-27(4-2)23-12-10-19(11-13-23)16-26-24(29)21-8-6-14-28(17-21)32(30,31)18-20-7-5-9-22(25)15-20/h5,7,9-13,15,21H,3-4,6,8,14,16-18H2,1-2H3,(H,26,29)/t21-/m1/s1. The molecule has 0 aromatic heterocycles. The number of hydrogen-bond acceptors (Lipinski definition) is 4. The molecule has 1 saturated heterocycles. The van der Waals surface area contributed by atoms with Gasteiger partial charge < -0.3 is 10.2 Å². The van der Waals surface area contributed by atoms with Crippen LogP contribution in [0.2, 0.25) is 5.02 Å². The lowest BCUT2D eigenvalue weighted by Gasteiger charge is -2.31. The molecule has 0 bridgehead atoms. The molecule has 1 heterocycles. The van der Waals surface area contributed by atoms with Crippen LogP contribution in [0.4, 0.5) is 5.69 Å². The number of hydrogen-bond donors (Lipinski definition) is 1. The van der Waals surface area contributed by atoms with Gasteiger partial charge in [-0.1, -0.05) is 35.9 Å². The van der Waals surface area contributed by atoms with Crippen molar-refractivity contribution < 1.29 is 13.2 Å². The Morgan fingerprint density at radius 1 is 1.12 bits per heavy atom. The summed E-state index contributed by atoms with van der Waals surface area (Å²) in [6.45, 7) is 7.24. The molecule has 0 saturated carbocycles. The van der Waals surface area contributed by atoms with Crippen LogP contribution in [0.15, 0.2) is 48.5 Å². The average Bonchev–Trinajstić information content (AvgIpc) is 2.79. The van der Waals surface area contributed by atoms with Crippen molar-refractivity contribution >= 4 is 33.2 Å². The minimum Gasteiger partial charge on any atom is -0.372 e. The Balaban J connectivity index is 1.56. The van der Waals surface area contributed by atoms with Gasteiger partial charge in [0.05, 0.1) is 11.7 Å². The molecule has 0 spiro atoms. The first-order valence-corrected chi connectivity index (χ1v) is 13.1. The van der Waals surface area contributed by atoms with Gasteiger partial charge in [0.15, 0.2) is 0 Å². The van der Waals surface area contributed by atoms with Crippen LogP contribution in [0.3, 0.4) is 0 Å². The maximum atomic E-state index is 12.9. The topological polar surface area (TPSA) is 69.7 Å².